The average Bonchev–Trinajstić information content (AvgIpc) is 2.40. The van der Waals surface area contributed by atoms with Crippen LogP contribution in [0.2, 0.25) is 5.02 Å². The van der Waals surface area contributed by atoms with E-state index in [4.69, 9.17) is 11.6 Å². The third kappa shape index (κ3) is 3.38. The first-order chi connectivity index (χ1) is 9.13. The molecule has 0 aliphatic heterocycles. The number of aryl methyl sites for hydroxylation is 1. The predicted octanol–water partition coefficient (Wildman–Crippen LogP) is 5.11. The monoisotopic (exact) mass is 337 g/mol. The maximum atomic E-state index is 6.07. The fourth-order valence-corrected chi connectivity index (χ4v) is 2.73. The van der Waals surface area contributed by atoms with Gasteiger partial charge in [0, 0.05) is 4.47 Å². The standard InChI is InChI=1S/C16H17BrClN/c1-3-19-16(13-7-5-4-6-11(13)2)12-8-9-15(18)14(17)10-12/h4-10,16,19H,3H2,1-2H3. The number of hydrogen-bond donors (Lipinski definition) is 1. The first-order valence-electron chi connectivity index (χ1n) is 6.37. The molecule has 19 heavy (non-hydrogen) atoms. The Bertz CT molecular complexity index is 568. The summed E-state index contributed by atoms with van der Waals surface area (Å²) in [7, 11) is 0. The molecule has 0 aromatic heterocycles. The van der Waals surface area contributed by atoms with Crippen molar-refractivity contribution in [3.05, 3.63) is 68.7 Å². The van der Waals surface area contributed by atoms with Crippen molar-refractivity contribution in [2.24, 2.45) is 0 Å². The molecule has 0 saturated heterocycles. The van der Waals surface area contributed by atoms with Crippen LogP contribution in [-0.2, 0) is 0 Å². The third-order valence-corrected chi connectivity index (χ3v) is 4.40. The van der Waals surface area contributed by atoms with Gasteiger partial charge in [0.1, 0.15) is 0 Å². The molecule has 2 aromatic rings. The Morgan fingerprint density at radius 2 is 1.95 bits per heavy atom. The Labute approximate surface area is 128 Å². The highest BCUT2D eigenvalue weighted by atomic mass is 79.9. The summed E-state index contributed by atoms with van der Waals surface area (Å²) in [6.07, 6.45) is 0. The van der Waals surface area contributed by atoms with Crippen molar-refractivity contribution < 1.29 is 0 Å². The van der Waals surface area contributed by atoms with E-state index in [-0.39, 0.29) is 6.04 Å². The summed E-state index contributed by atoms with van der Waals surface area (Å²) in [5, 5.41) is 4.28. The largest absolute Gasteiger partial charge is 0.307 e. The van der Waals surface area contributed by atoms with Crippen molar-refractivity contribution >= 4 is 27.5 Å². The smallest absolute Gasteiger partial charge is 0.0579 e. The van der Waals surface area contributed by atoms with Crippen LogP contribution in [0.1, 0.15) is 29.7 Å². The summed E-state index contributed by atoms with van der Waals surface area (Å²) in [6.45, 7) is 5.18. The van der Waals surface area contributed by atoms with Crippen molar-refractivity contribution in [1.82, 2.24) is 5.32 Å². The topological polar surface area (TPSA) is 12.0 Å². The first-order valence-corrected chi connectivity index (χ1v) is 7.54. The highest BCUT2D eigenvalue weighted by Crippen LogP contribution is 2.30. The molecule has 3 heteroatoms. The summed E-state index contributed by atoms with van der Waals surface area (Å²) < 4.78 is 0.933. The van der Waals surface area contributed by atoms with Crippen LogP contribution in [0.25, 0.3) is 0 Å². The van der Waals surface area contributed by atoms with E-state index in [1.54, 1.807) is 0 Å². The Morgan fingerprint density at radius 3 is 2.58 bits per heavy atom. The van der Waals surface area contributed by atoms with Crippen LogP contribution >= 0.6 is 27.5 Å². The molecule has 0 fully saturated rings. The molecular formula is C16H17BrClN. The Hall–Kier alpha value is -0.830. The van der Waals surface area contributed by atoms with E-state index in [2.05, 4.69) is 71.5 Å². The fourth-order valence-electron chi connectivity index (χ4n) is 2.21. The Kier molecular flexibility index (Phi) is 5.03. The zero-order chi connectivity index (χ0) is 13.8. The highest BCUT2D eigenvalue weighted by molar-refractivity contribution is 9.10. The van der Waals surface area contributed by atoms with Crippen molar-refractivity contribution in [3.63, 3.8) is 0 Å². The van der Waals surface area contributed by atoms with E-state index in [1.807, 2.05) is 6.07 Å². The van der Waals surface area contributed by atoms with E-state index in [9.17, 15) is 0 Å². The molecule has 0 spiro atoms. The van der Waals surface area contributed by atoms with Crippen LogP contribution in [0.15, 0.2) is 46.9 Å². The average molecular weight is 339 g/mol. The SMILES string of the molecule is CCNC(c1ccc(Cl)c(Br)c1)c1ccccc1C. The summed E-state index contributed by atoms with van der Waals surface area (Å²) in [5.74, 6) is 0. The maximum Gasteiger partial charge on any atom is 0.0579 e. The molecule has 0 heterocycles. The van der Waals surface area contributed by atoms with Crippen molar-refractivity contribution in [2.75, 3.05) is 6.54 Å². The molecule has 0 aliphatic carbocycles. The van der Waals surface area contributed by atoms with Crippen LogP contribution in [-0.4, -0.2) is 6.54 Å². The van der Waals surface area contributed by atoms with E-state index in [0.29, 0.717) is 0 Å². The van der Waals surface area contributed by atoms with Gasteiger partial charge in [-0.05, 0) is 58.2 Å². The van der Waals surface area contributed by atoms with Gasteiger partial charge in [-0.2, -0.15) is 0 Å². The van der Waals surface area contributed by atoms with Gasteiger partial charge in [-0.25, -0.2) is 0 Å². The second-order valence-corrected chi connectivity index (χ2v) is 5.78. The second kappa shape index (κ2) is 6.56. The summed E-state index contributed by atoms with van der Waals surface area (Å²) in [5.41, 5.74) is 3.81. The van der Waals surface area contributed by atoms with E-state index < -0.39 is 0 Å². The van der Waals surface area contributed by atoms with Gasteiger partial charge in [0.25, 0.3) is 0 Å². The van der Waals surface area contributed by atoms with Crippen LogP contribution in [0, 0.1) is 6.92 Å². The molecule has 0 aliphatic rings. The van der Waals surface area contributed by atoms with Gasteiger partial charge in [0.05, 0.1) is 11.1 Å². The molecule has 0 radical (unpaired) electrons. The highest BCUT2D eigenvalue weighted by Gasteiger charge is 2.15. The zero-order valence-corrected chi connectivity index (χ0v) is 13.4. The minimum Gasteiger partial charge on any atom is -0.307 e. The van der Waals surface area contributed by atoms with Crippen molar-refractivity contribution in [3.8, 4) is 0 Å². The van der Waals surface area contributed by atoms with Crippen molar-refractivity contribution in [1.29, 1.82) is 0 Å². The number of halogens is 2. The molecule has 2 rings (SSSR count). The summed E-state index contributed by atoms with van der Waals surface area (Å²) in [4.78, 5) is 0. The molecule has 1 unspecified atom stereocenters. The lowest BCUT2D eigenvalue weighted by atomic mass is 9.95. The molecule has 0 bridgehead atoms. The number of benzene rings is 2. The molecular weight excluding hydrogens is 322 g/mol. The molecule has 0 amide bonds. The van der Waals surface area contributed by atoms with Gasteiger partial charge in [-0.3, -0.25) is 0 Å². The fraction of sp³-hybridized carbons (Fsp3) is 0.250. The minimum atomic E-state index is 0.194. The molecule has 1 atom stereocenters. The molecule has 2 aromatic carbocycles. The van der Waals surface area contributed by atoms with Gasteiger partial charge in [0.2, 0.25) is 0 Å². The second-order valence-electron chi connectivity index (χ2n) is 4.52. The van der Waals surface area contributed by atoms with Crippen LogP contribution in [0.3, 0.4) is 0 Å². The lowest BCUT2D eigenvalue weighted by Gasteiger charge is -2.21. The molecule has 1 N–H and O–H groups in total. The van der Waals surface area contributed by atoms with Crippen LogP contribution < -0.4 is 5.32 Å². The van der Waals surface area contributed by atoms with Gasteiger partial charge >= 0.3 is 0 Å². The Morgan fingerprint density at radius 1 is 1.21 bits per heavy atom. The predicted molar refractivity (Wildman–Crippen MR) is 85.9 cm³/mol. The van der Waals surface area contributed by atoms with Crippen molar-refractivity contribution in [2.45, 2.75) is 19.9 Å². The van der Waals surface area contributed by atoms with Gasteiger partial charge in [0.15, 0.2) is 0 Å². The first kappa shape index (κ1) is 14.6. The lowest BCUT2D eigenvalue weighted by molar-refractivity contribution is 0.627. The van der Waals surface area contributed by atoms with Gasteiger partial charge in [-0.15, -0.1) is 0 Å². The summed E-state index contributed by atoms with van der Waals surface area (Å²) in [6, 6.07) is 14.8. The third-order valence-electron chi connectivity index (χ3n) is 3.18. The quantitative estimate of drug-likeness (QED) is 0.817. The molecule has 100 valence electrons. The van der Waals surface area contributed by atoms with Crippen LogP contribution in [0.4, 0.5) is 0 Å². The zero-order valence-electron chi connectivity index (χ0n) is 11.1. The van der Waals surface area contributed by atoms with Gasteiger partial charge < -0.3 is 5.32 Å². The maximum absolute atomic E-state index is 6.07. The number of rotatable bonds is 4. The minimum absolute atomic E-state index is 0.194. The summed E-state index contributed by atoms with van der Waals surface area (Å²) >= 11 is 9.57. The molecule has 0 saturated carbocycles. The van der Waals surface area contributed by atoms with E-state index in [1.165, 1.54) is 16.7 Å². The normalized spacial score (nSPS) is 12.4. The lowest BCUT2D eigenvalue weighted by Crippen LogP contribution is -2.22. The van der Waals surface area contributed by atoms with Gasteiger partial charge in [-0.1, -0.05) is 48.9 Å². The number of nitrogens with one attached hydrogen (secondary N) is 1. The van der Waals surface area contributed by atoms with E-state index in [0.717, 1.165) is 16.0 Å². The Balaban J connectivity index is 2.45. The van der Waals surface area contributed by atoms with E-state index >= 15 is 0 Å². The number of hydrogen-bond acceptors (Lipinski definition) is 1. The van der Waals surface area contributed by atoms with Crippen LogP contribution in [0.5, 0.6) is 0 Å². The molecule has 1 nitrogen and oxygen atoms in total.